The van der Waals surface area contributed by atoms with Crippen molar-refractivity contribution in [3.05, 3.63) is 186 Å². The quantitative estimate of drug-likeness (QED) is 0.0411. The molecule has 0 spiro atoms. The third-order valence-electron chi connectivity index (χ3n) is 17.8. The maximum Gasteiger partial charge on any atom is 0.481 e. The smallest absolute Gasteiger partial charge is 0.302 e. The molecule has 9 heteroatoms. The molecule has 0 aliphatic heterocycles. The first-order valence-corrected chi connectivity index (χ1v) is 39.7. The molecule has 2 atom stereocenters. The number of hydrogen-bond donors (Lipinski definition) is 3. The van der Waals surface area contributed by atoms with Gasteiger partial charge in [-0.05, 0) is 336 Å². The Bertz CT molecular complexity index is 2750. The molecule has 0 aromatic heterocycles. The molecule has 94 heavy (non-hydrogen) atoms. The number of hydrogen-bond acceptors (Lipinski definition) is 4. The Morgan fingerprint density at radius 1 is 0.266 bits per heavy atom. The third-order valence-corrected chi connectivity index (χ3v) is 19.9. The Labute approximate surface area is 580 Å². The molecule has 3 N–H and O–H groups in total. The van der Waals surface area contributed by atoms with Crippen LogP contribution in [0.3, 0.4) is 0 Å². The molecule has 534 valence electrons. The van der Waals surface area contributed by atoms with Gasteiger partial charge in [0.05, 0.1) is 6.61 Å². The molecule has 0 saturated carbocycles. The van der Waals surface area contributed by atoms with Gasteiger partial charge >= 0.3 is 15.6 Å². The van der Waals surface area contributed by atoms with Gasteiger partial charge in [0.1, 0.15) is 0 Å². The van der Waals surface area contributed by atoms with Crippen LogP contribution in [-0.4, -0.2) is 21.3 Å². The van der Waals surface area contributed by atoms with Crippen molar-refractivity contribution in [2.45, 2.75) is 337 Å². The molecule has 0 bridgehead atoms. The molecule has 0 aliphatic rings. The third kappa shape index (κ3) is 60.5. The first kappa shape index (κ1) is 90.1. The standard InChI is InChI=1S/C85H142O7P2/c1-69(2)35-19-36-70(3)37-20-38-71(4)39-21-40-72(5)41-22-42-73(6)43-23-44-74(7)45-24-46-75(8)47-25-48-76(9)49-26-50-77(10)51-27-52-78(11)53-28-54-79(12)55-29-56-80(13)57-30-58-81(14)59-31-60-82(15)61-32-62-83(16)63-33-64-84(17)65-34-66-85(18)67-68-91-94(89,90)92-93(86,87)88/h35,37,39,41,43,45,47,49,51,53,55,57,59,61,63,65,85H,19-34,36,38,40,42,44,46,48,50,52,54,56,58,60,62,64,66-68H2,1-18H3,(H,89,90)(H2,86,87,88)/b70-37+,71-39+,72-41-,73-43-,74-45-,75-47-,76-49-,77-51-,78-53-,79-55-,80-57-,81-59-,82-61-,83-63-,84-65-. The maximum absolute atomic E-state index is 11.6. The molecule has 0 heterocycles. The summed E-state index contributed by atoms with van der Waals surface area (Å²) in [6, 6.07) is 0. The van der Waals surface area contributed by atoms with Gasteiger partial charge in [-0.1, -0.05) is 193 Å². The summed E-state index contributed by atoms with van der Waals surface area (Å²) in [5.74, 6) is 0.218. The lowest BCUT2D eigenvalue weighted by molar-refractivity contribution is 0.170. The average Bonchev–Trinajstić information content (AvgIpc) is 1.52. The molecular formula is C85H142O7P2. The summed E-state index contributed by atoms with van der Waals surface area (Å²) in [6.07, 6.45) is 75.1. The number of rotatable bonds is 54. The van der Waals surface area contributed by atoms with Crippen LogP contribution in [0.1, 0.15) is 337 Å². The minimum atomic E-state index is -5.10. The number of phosphoric ester groups is 1. The summed E-state index contributed by atoms with van der Waals surface area (Å²) in [5.41, 5.74) is 23.8. The van der Waals surface area contributed by atoms with Crippen LogP contribution in [0.25, 0.3) is 0 Å². The van der Waals surface area contributed by atoms with Crippen LogP contribution in [0, 0.1) is 5.92 Å². The van der Waals surface area contributed by atoms with Crippen LogP contribution in [0.5, 0.6) is 0 Å². The van der Waals surface area contributed by atoms with Gasteiger partial charge < -0.3 is 14.7 Å². The zero-order chi connectivity index (χ0) is 70.6. The molecule has 0 aliphatic carbocycles. The Morgan fingerprint density at radius 2 is 0.426 bits per heavy atom. The highest BCUT2D eigenvalue weighted by Crippen LogP contribution is 2.57. The predicted molar refractivity (Wildman–Crippen MR) is 416 cm³/mol. The van der Waals surface area contributed by atoms with E-state index in [0.717, 1.165) is 180 Å². The van der Waals surface area contributed by atoms with Gasteiger partial charge in [-0.15, -0.1) is 0 Å². The molecule has 0 saturated heterocycles. The summed E-state index contributed by atoms with van der Waals surface area (Å²) < 4.78 is 30.9. The van der Waals surface area contributed by atoms with Crippen molar-refractivity contribution in [1.82, 2.24) is 0 Å². The van der Waals surface area contributed by atoms with Crippen LogP contribution in [0.4, 0.5) is 0 Å². The number of phosphoric acid groups is 2. The van der Waals surface area contributed by atoms with Crippen LogP contribution in [0.2, 0.25) is 0 Å². The molecule has 0 rings (SSSR count). The Hall–Kier alpha value is -3.90. The van der Waals surface area contributed by atoms with Gasteiger partial charge in [-0.2, -0.15) is 4.31 Å². The van der Waals surface area contributed by atoms with Gasteiger partial charge in [0, 0.05) is 0 Å². The van der Waals surface area contributed by atoms with E-state index in [4.69, 9.17) is 9.79 Å². The lowest BCUT2D eigenvalue weighted by Gasteiger charge is -2.14. The topological polar surface area (TPSA) is 113 Å². The van der Waals surface area contributed by atoms with Crippen molar-refractivity contribution >= 4 is 15.6 Å². The normalized spacial score (nSPS) is 16.0. The van der Waals surface area contributed by atoms with E-state index in [1.54, 1.807) is 0 Å². The van der Waals surface area contributed by atoms with Gasteiger partial charge in [0.15, 0.2) is 0 Å². The fourth-order valence-corrected chi connectivity index (χ4v) is 12.7. The van der Waals surface area contributed by atoms with E-state index in [1.165, 1.54) is 115 Å². The zero-order valence-electron chi connectivity index (χ0n) is 63.7. The van der Waals surface area contributed by atoms with Gasteiger partial charge in [-0.3, -0.25) is 4.52 Å². The monoisotopic (exact) mass is 1340 g/mol. The SMILES string of the molecule is CC(C)=CCC/C(C)=C/CC/C(C)=C/CC/C(C)=C\CC/C(C)=C\CC/C(C)=C\CC/C(C)=C\CC/C(C)=C\CC/C(C)=C\CC/C(C)=C\CC/C(C)=C\CC/C(C)=C\CC/C(C)=C\CC/C(C)=C\CC/C(C)=C\CC/C(C)=C\CCC(C)CCOP(=O)(O)OP(=O)(O)O. The van der Waals surface area contributed by atoms with E-state index in [-0.39, 0.29) is 12.5 Å². The highest BCUT2D eigenvalue weighted by Gasteiger charge is 2.32. The molecule has 0 aromatic rings. The van der Waals surface area contributed by atoms with E-state index < -0.39 is 15.6 Å². The van der Waals surface area contributed by atoms with Crippen molar-refractivity contribution < 1.29 is 32.6 Å². The Morgan fingerprint density at radius 3 is 0.585 bits per heavy atom. The summed E-state index contributed by atoms with van der Waals surface area (Å²) in [7, 11) is -9.87. The second-order valence-corrected chi connectivity index (χ2v) is 31.3. The van der Waals surface area contributed by atoms with Crippen molar-refractivity contribution in [1.29, 1.82) is 0 Å². The molecule has 7 nitrogen and oxygen atoms in total. The second-order valence-electron chi connectivity index (χ2n) is 28.5. The highest BCUT2D eigenvalue weighted by atomic mass is 31.3. The Balaban J connectivity index is 4.34. The maximum atomic E-state index is 11.6. The van der Waals surface area contributed by atoms with Gasteiger partial charge in [0.25, 0.3) is 0 Å². The van der Waals surface area contributed by atoms with Gasteiger partial charge in [-0.25, -0.2) is 9.13 Å². The van der Waals surface area contributed by atoms with Crippen molar-refractivity contribution in [3.63, 3.8) is 0 Å². The molecule has 0 fully saturated rings. The summed E-state index contributed by atoms with van der Waals surface area (Å²) in [4.78, 5) is 26.8. The van der Waals surface area contributed by atoms with Crippen molar-refractivity contribution in [3.8, 4) is 0 Å². The molecule has 0 radical (unpaired) electrons. The van der Waals surface area contributed by atoms with E-state index in [0.29, 0.717) is 6.42 Å². The van der Waals surface area contributed by atoms with Gasteiger partial charge in [0.2, 0.25) is 0 Å². The molecular weight excluding hydrogens is 1190 g/mol. The first-order valence-electron chi connectivity index (χ1n) is 36.6. The minimum Gasteiger partial charge on any atom is -0.302 e. The fraction of sp³-hybridized carbons (Fsp3) is 0.624. The zero-order valence-corrected chi connectivity index (χ0v) is 65.5. The lowest BCUT2D eigenvalue weighted by Crippen LogP contribution is -2.02. The molecule has 2 unspecified atom stereocenters. The Kier molecular flexibility index (Phi) is 53.7. The van der Waals surface area contributed by atoms with Crippen LogP contribution in [-0.2, 0) is 18.0 Å². The van der Waals surface area contributed by atoms with Crippen LogP contribution < -0.4 is 0 Å². The minimum absolute atomic E-state index is 0.114. The summed E-state index contributed by atoms with van der Waals surface area (Å²) >= 11 is 0. The highest BCUT2D eigenvalue weighted by molar-refractivity contribution is 7.60. The second kappa shape index (κ2) is 56.0. The van der Waals surface area contributed by atoms with Crippen LogP contribution >= 0.6 is 15.6 Å². The van der Waals surface area contributed by atoms with E-state index in [1.807, 2.05) is 6.92 Å². The van der Waals surface area contributed by atoms with Crippen molar-refractivity contribution in [2.24, 2.45) is 5.92 Å². The number of allylic oxidation sites excluding steroid dienone is 32. The average molecular weight is 1340 g/mol. The van der Waals surface area contributed by atoms with Crippen molar-refractivity contribution in [2.75, 3.05) is 6.61 Å². The van der Waals surface area contributed by atoms with Crippen LogP contribution in [0.15, 0.2) is 186 Å². The van der Waals surface area contributed by atoms with E-state index in [2.05, 4.69) is 224 Å². The molecule has 0 aromatic carbocycles. The summed E-state index contributed by atoms with van der Waals surface area (Å²) in [6.45, 7) is 40.5. The lowest BCUT2D eigenvalue weighted by atomic mass is 10.0. The van der Waals surface area contributed by atoms with E-state index >= 15 is 0 Å². The largest absolute Gasteiger partial charge is 0.481 e. The summed E-state index contributed by atoms with van der Waals surface area (Å²) in [5, 5.41) is 0. The molecule has 0 amide bonds. The predicted octanol–water partition coefficient (Wildman–Crippen LogP) is 28.9. The first-order chi connectivity index (χ1) is 44.4. The van der Waals surface area contributed by atoms with E-state index in [9.17, 15) is 14.0 Å². The fourth-order valence-electron chi connectivity index (χ4n) is 11.1.